The molecule has 0 radical (unpaired) electrons. The van der Waals surface area contributed by atoms with E-state index in [2.05, 4.69) is 56.0 Å². The Bertz CT molecular complexity index is 1030. The quantitative estimate of drug-likeness (QED) is 0.534. The maximum absolute atomic E-state index is 12.8. The summed E-state index contributed by atoms with van der Waals surface area (Å²) in [4.78, 5) is 20.7. The minimum Gasteiger partial charge on any atom is -0.352 e. The summed E-state index contributed by atoms with van der Waals surface area (Å²) in [5, 5.41) is 11.8. The lowest BCUT2D eigenvalue weighted by molar-refractivity contribution is -0.133. The van der Waals surface area contributed by atoms with Crippen molar-refractivity contribution in [2.24, 2.45) is 11.8 Å². The third kappa shape index (κ3) is 5.02. The third-order valence-corrected chi connectivity index (χ3v) is 7.56. The summed E-state index contributed by atoms with van der Waals surface area (Å²) in [5.41, 5.74) is 2.04. The van der Waals surface area contributed by atoms with E-state index in [1.165, 1.54) is 4.90 Å². The molecule has 6 rings (SSSR count). The number of thioether (sulfide) groups is 1. The van der Waals surface area contributed by atoms with Gasteiger partial charge in [-0.3, -0.25) is 19.4 Å². The highest BCUT2D eigenvalue weighted by molar-refractivity contribution is 7.98. The lowest BCUT2D eigenvalue weighted by Crippen LogP contribution is -2.58. The molecule has 3 aliphatic rings. The second-order valence-electron chi connectivity index (χ2n) is 8.65. The highest BCUT2D eigenvalue weighted by atomic mass is 32.2. The summed E-state index contributed by atoms with van der Waals surface area (Å²) in [7, 11) is 0. The highest BCUT2D eigenvalue weighted by Gasteiger charge is 2.43. The van der Waals surface area contributed by atoms with Gasteiger partial charge in [0.05, 0.1) is 18.2 Å². The van der Waals surface area contributed by atoms with Gasteiger partial charge in [0, 0.05) is 48.4 Å². The lowest BCUT2D eigenvalue weighted by atomic mass is 9.75. The third-order valence-electron chi connectivity index (χ3n) is 6.52. The number of nitrogens with zero attached hydrogens (tertiary/aromatic N) is 5. The first-order valence-electron chi connectivity index (χ1n) is 11.2. The Morgan fingerprint density at radius 3 is 2.88 bits per heavy atom. The SMILES string of the molecule is O=C(NCc1cccnc1)[C@H]1CN2CC[C@H]1C[C@@H]2Cn1cc(CSc2ccccc2)nn1. The standard InChI is InChI=1S/C24H28N6OS/c31-24(26-13-18-5-4-9-25-12-18)23-16-29-10-8-19(23)11-21(29)15-30-14-20(27-28-30)17-32-22-6-2-1-3-7-22/h1-7,9,12,14,19,21,23H,8,10-11,13,15-17H2,(H,26,31)/t19-,21+,23-/m0/s1. The van der Waals surface area contributed by atoms with Gasteiger partial charge in [0.15, 0.2) is 0 Å². The van der Waals surface area contributed by atoms with Crippen molar-refractivity contribution in [3.63, 3.8) is 0 Å². The van der Waals surface area contributed by atoms with Gasteiger partial charge in [-0.2, -0.15) is 0 Å². The molecular weight excluding hydrogens is 420 g/mol. The van der Waals surface area contributed by atoms with Gasteiger partial charge in [-0.25, -0.2) is 0 Å². The van der Waals surface area contributed by atoms with E-state index in [-0.39, 0.29) is 11.8 Å². The Labute approximate surface area is 192 Å². The van der Waals surface area contributed by atoms with Crippen LogP contribution in [0.5, 0.6) is 0 Å². The molecule has 1 N–H and O–H groups in total. The molecule has 3 aliphatic heterocycles. The zero-order valence-electron chi connectivity index (χ0n) is 18.0. The fraction of sp³-hybridized carbons (Fsp3) is 0.417. The van der Waals surface area contributed by atoms with Crippen LogP contribution in [-0.4, -0.2) is 49.9 Å². The second-order valence-corrected chi connectivity index (χ2v) is 9.70. The van der Waals surface area contributed by atoms with E-state index in [9.17, 15) is 4.79 Å². The molecular formula is C24H28N6OS. The van der Waals surface area contributed by atoms with Crippen LogP contribution in [0.3, 0.4) is 0 Å². The maximum atomic E-state index is 12.8. The number of hydrogen-bond acceptors (Lipinski definition) is 6. The Morgan fingerprint density at radius 2 is 2.09 bits per heavy atom. The number of carbonyl (C=O) groups excluding carboxylic acids is 1. The van der Waals surface area contributed by atoms with Crippen molar-refractivity contribution < 1.29 is 4.79 Å². The van der Waals surface area contributed by atoms with E-state index in [1.807, 2.05) is 22.9 Å². The Hall–Kier alpha value is -2.71. The maximum Gasteiger partial charge on any atom is 0.224 e. The number of hydrogen-bond donors (Lipinski definition) is 1. The molecule has 32 heavy (non-hydrogen) atoms. The molecule has 166 valence electrons. The van der Waals surface area contributed by atoms with Crippen molar-refractivity contribution in [1.82, 2.24) is 30.2 Å². The van der Waals surface area contributed by atoms with Crippen molar-refractivity contribution in [1.29, 1.82) is 0 Å². The summed E-state index contributed by atoms with van der Waals surface area (Å²) < 4.78 is 1.98. The summed E-state index contributed by atoms with van der Waals surface area (Å²) in [6.45, 7) is 3.28. The number of amides is 1. The van der Waals surface area contributed by atoms with Gasteiger partial charge in [-0.15, -0.1) is 16.9 Å². The van der Waals surface area contributed by atoms with Crippen molar-refractivity contribution >= 4 is 17.7 Å². The van der Waals surface area contributed by atoms with Crippen LogP contribution >= 0.6 is 11.8 Å². The number of piperidine rings is 3. The topological polar surface area (TPSA) is 75.9 Å². The van der Waals surface area contributed by atoms with Crippen LogP contribution in [-0.2, 0) is 23.6 Å². The molecule has 3 aromatic rings. The summed E-state index contributed by atoms with van der Waals surface area (Å²) in [6, 6.07) is 14.7. The van der Waals surface area contributed by atoms with Crippen LogP contribution in [0.1, 0.15) is 24.1 Å². The Kier molecular flexibility index (Phi) is 6.50. The number of pyridine rings is 1. The van der Waals surface area contributed by atoms with Crippen LogP contribution < -0.4 is 5.32 Å². The largest absolute Gasteiger partial charge is 0.352 e. The Morgan fingerprint density at radius 1 is 1.19 bits per heavy atom. The van der Waals surface area contributed by atoms with Crippen LogP contribution in [0.25, 0.3) is 0 Å². The molecule has 5 heterocycles. The summed E-state index contributed by atoms with van der Waals surface area (Å²) in [6.07, 6.45) is 7.75. The fourth-order valence-corrected chi connectivity index (χ4v) is 5.63. The van der Waals surface area contributed by atoms with E-state index in [0.29, 0.717) is 18.5 Å². The molecule has 0 spiro atoms. The minimum atomic E-state index is 0.0743. The first-order chi connectivity index (χ1) is 15.7. The highest BCUT2D eigenvalue weighted by Crippen LogP contribution is 2.37. The minimum absolute atomic E-state index is 0.0743. The number of nitrogens with one attached hydrogen (secondary N) is 1. The van der Waals surface area contributed by atoms with Gasteiger partial charge in [-0.1, -0.05) is 29.5 Å². The van der Waals surface area contributed by atoms with E-state index >= 15 is 0 Å². The number of rotatable bonds is 8. The lowest BCUT2D eigenvalue weighted by Gasteiger charge is -2.49. The molecule has 8 heteroatoms. The van der Waals surface area contributed by atoms with Crippen LogP contribution in [0, 0.1) is 11.8 Å². The molecule has 2 aromatic heterocycles. The van der Waals surface area contributed by atoms with Gasteiger partial charge >= 0.3 is 0 Å². The second kappa shape index (κ2) is 9.83. The molecule has 1 amide bonds. The van der Waals surface area contributed by atoms with Gasteiger partial charge in [0.2, 0.25) is 5.91 Å². The average Bonchev–Trinajstić information content (AvgIpc) is 3.30. The number of benzene rings is 1. The molecule has 0 aliphatic carbocycles. The predicted octanol–water partition coefficient (Wildman–Crippen LogP) is 2.99. The Balaban J connectivity index is 1.12. The predicted molar refractivity (Wildman–Crippen MR) is 124 cm³/mol. The molecule has 3 fully saturated rings. The van der Waals surface area contributed by atoms with Gasteiger partial charge in [-0.05, 0) is 49.1 Å². The molecule has 1 aromatic carbocycles. The zero-order valence-corrected chi connectivity index (χ0v) is 18.8. The summed E-state index contributed by atoms with van der Waals surface area (Å²) >= 11 is 1.78. The van der Waals surface area contributed by atoms with Gasteiger partial charge in [0.25, 0.3) is 0 Å². The number of carbonyl (C=O) groups is 1. The van der Waals surface area contributed by atoms with Crippen molar-refractivity contribution in [3.05, 3.63) is 72.3 Å². The molecule has 2 bridgehead atoms. The van der Waals surface area contributed by atoms with Crippen molar-refractivity contribution in [2.75, 3.05) is 13.1 Å². The molecule has 1 unspecified atom stereocenters. The van der Waals surface area contributed by atoms with E-state index < -0.39 is 0 Å². The van der Waals surface area contributed by atoms with Crippen LogP contribution in [0.4, 0.5) is 0 Å². The summed E-state index contributed by atoms with van der Waals surface area (Å²) in [5.74, 6) is 1.50. The smallest absolute Gasteiger partial charge is 0.224 e. The fourth-order valence-electron chi connectivity index (χ4n) is 4.83. The van der Waals surface area contributed by atoms with E-state index in [4.69, 9.17) is 0 Å². The van der Waals surface area contributed by atoms with E-state index in [1.54, 1.807) is 24.2 Å². The zero-order chi connectivity index (χ0) is 21.8. The first kappa shape index (κ1) is 21.2. The van der Waals surface area contributed by atoms with Gasteiger partial charge in [0.1, 0.15) is 0 Å². The molecule has 7 nitrogen and oxygen atoms in total. The van der Waals surface area contributed by atoms with Crippen molar-refractivity contribution in [3.8, 4) is 0 Å². The molecule has 0 saturated carbocycles. The number of fused-ring (bicyclic) bond motifs is 3. The monoisotopic (exact) mass is 448 g/mol. The van der Waals surface area contributed by atoms with Crippen molar-refractivity contribution in [2.45, 2.75) is 42.6 Å². The normalized spacial score (nSPS) is 24.4. The van der Waals surface area contributed by atoms with Crippen LogP contribution in [0.2, 0.25) is 0 Å². The molecule has 4 atom stereocenters. The number of aromatic nitrogens is 4. The van der Waals surface area contributed by atoms with Gasteiger partial charge < -0.3 is 5.32 Å². The average molecular weight is 449 g/mol. The molecule has 3 saturated heterocycles. The van der Waals surface area contributed by atoms with E-state index in [0.717, 1.165) is 49.5 Å². The van der Waals surface area contributed by atoms with Crippen LogP contribution in [0.15, 0.2) is 66.0 Å². The first-order valence-corrected chi connectivity index (χ1v) is 12.2.